The molecule has 0 aliphatic carbocycles. The monoisotopic (exact) mass is 320 g/mol. The number of nitrogens with zero attached hydrogens (tertiary/aromatic N) is 5. The fourth-order valence-corrected chi connectivity index (χ4v) is 2.56. The van der Waals surface area contributed by atoms with Gasteiger partial charge in [0, 0.05) is 25.1 Å². The molecule has 8 nitrogen and oxygen atoms in total. The summed E-state index contributed by atoms with van der Waals surface area (Å²) in [6.45, 7) is 0.470. The van der Waals surface area contributed by atoms with E-state index >= 15 is 0 Å². The number of carbonyl (C=O) groups is 1. The summed E-state index contributed by atoms with van der Waals surface area (Å²) in [6, 6.07) is 5.54. The number of nitrogens with one attached hydrogen (secondary N) is 1. The standard InChI is InChI=1S/C16H12N6O2/c23-16(24)13-14-15(19-7-10-2-1-4-17-6-10)21-11-3-5-18-8-12(11)22(14)9-20-13/h1-6,8-9H,7H2,(H,19,21)(H,23,24). The summed E-state index contributed by atoms with van der Waals surface area (Å²) >= 11 is 0. The van der Waals surface area contributed by atoms with Crippen molar-refractivity contribution in [1.29, 1.82) is 0 Å². The summed E-state index contributed by atoms with van der Waals surface area (Å²) < 4.78 is 1.68. The van der Waals surface area contributed by atoms with E-state index in [4.69, 9.17) is 0 Å². The average Bonchev–Trinajstić information content (AvgIpc) is 3.06. The Morgan fingerprint density at radius 3 is 2.88 bits per heavy atom. The molecule has 0 fully saturated rings. The van der Waals surface area contributed by atoms with Crippen LogP contribution < -0.4 is 5.32 Å². The summed E-state index contributed by atoms with van der Waals surface area (Å²) in [6.07, 6.45) is 8.18. The highest BCUT2D eigenvalue weighted by Gasteiger charge is 2.18. The number of carboxylic acids is 1. The summed E-state index contributed by atoms with van der Waals surface area (Å²) in [5, 5.41) is 12.6. The summed E-state index contributed by atoms with van der Waals surface area (Å²) in [5.74, 6) is -0.653. The van der Waals surface area contributed by atoms with Gasteiger partial charge >= 0.3 is 5.97 Å². The summed E-state index contributed by atoms with van der Waals surface area (Å²) in [4.78, 5) is 28.2. The first-order chi connectivity index (χ1) is 11.7. The van der Waals surface area contributed by atoms with Crippen LogP contribution in [0.4, 0.5) is 5.82 Å². The lowest BCUT2D eigenvalue weighted by molar-refractivity contribution is 0.0693. The normalized spacial score (nSPS) is 11.0. The van der Waals surface area contributed by atoms with Crippen LogP contribution in [0, 0.1) is 0 Å². The molecule has 0 aliphatic rings. The van der Waals surface area contributed by atoms with Gasteiger partial charge in [-0.25, -0.2) is 14.8 Å². The molecule has 4 heterocycles. The third kappa shape index (κ3) is 2.30. The maximum atomic E-state index is 11.5. The Hall–Kier alpha value is -3.55. The van der Waals surface area contributed by atoms with Crippen LogP contribution in [0.2, 0.25) is 0 Å². The van der Waals surface area contributed by atoms with Crippen LogP contribution in [0.3, 0.4) is 0 Å². The number of hydrogen-bond acceptors (Lipinski definition) is 6. The van der Waals surface area contributed by atoms with Crippen LogP contribution in [0.5, 0.6) is 0 Å². The Balaban J connectivity index is 1.87. The van der Waals surface area contributed by atoms with E-state index in [1.165, 1.54) is 6.33 Å². The highest BCUT2D eigenvalue weighted by molar-refractivity contribution is 5.99. The number of aromatic nitrogens is 5. The van der Waals surface area contributed by atoms with Gasteiger partial charge < -0.3 is 10.4 Å². The molecule has 0 aliphatic heterocycles. The molecule has 0 aromatic carbocycles. The minimum Gasteiger partial charge on any atom is -0.476 e. The van der Waals surface area contributed by atoms with Crippen molar-refractivity contribution in [3.8, 4) is 0 Å². The van der Waals surface area contributed by atoms with Gasteiger partial charge in [0.2, 0.25) is 0 Å². The van der Waals surface area contributed by atoms with Gasteiger partial charge in [0.15, 0.2) is 11.5 Å². The van der Waals surface area contributed by atoms with Gasteiger partial charge in [-0.2, -0.15) is 0 Å². The van der Waals surface area contributed by atoms with E-state index in [1.54, 1.807) is 35.3 Å². The van der Waals surface area contributed by atoms with E-state index in [-0.39, 0.29) is 5.69 Å². The third-order valence-electron chi connectivity index (χ3n) is 3.65. The lowest BCUT2D eigenvalue weighted by Crippen LogP contribution is -2.07. The molecule has 4 aromatic rings. The average molecular weight is 320 g/mol. The largest absolute Gasteiger partial charge is 0.476 e. The first-order valence-corrected chi connectivity index (χ1v) is 7.21. The van der Waals surface area contributed by atoms with Crippen molar-refractivity contribution in [2.24, 2.45) is 0 Å². The van der Waals surface area contributed by atoms with E-state index < -0.39 is 5.97 Å². The zero-order chi connectivity index (χ0) is 16.5. The number of hydrogen-bond donors (Lipinski definition) is 2. The number of imidazole rings is 1. The quantitative estimate of drug-likeness (QED) is 0.592. The molecule has 0 atom stereocenters. The van der Waals surface area contributed by atoms with Crippen molar-refractivity contribution in [1.82, 2.24) is 24.3 Å². The lowest BCUT2D eigenvalue weighted by atomic mass is 10.2. The second-order valence-corrected chi connectivity index (χ2v) is 5.16. The Labute approximate surface area is 135 Å². The Kier molecular flexibility index (Phi) is 3.27. The number of anilines is 1. The van der Waals surface area contributed by atoms with Gasteiger partial charge in [0.05, 0.1) is 17.2 Å². The van der Waals surface area contributed by atoms with Gasteiger partial charge in [0.25, 0.3) is 0 Å². The highest BCUT2D eigenvalue weighted by Crippen LogP contribution is 2.24. The van der Waals surface area contributed by atoms with Crippen molar-refractivity contribution < 1.29 is 9.90 Å². The molecule has 0 radical (unpaired) electrons. The van der Waals surface area contributed by atoms with Crippen LogP contribution in [0.1, 0.15) is 16.1 Å². The van der Waals surface area contributed by atoms with Crippen LogP contribution in [0.15, 0.2) is 49.3 Å². The Morgan fingerprint density at radius 1 is 1.21 bits per heavy atom. The van der Waals surface area contributed by atoms with Gasteiger partial charge in [0.1, 0.15) is 11.8 Å². The lowest BCUT2D eigenvalue weighted by Gasteiger charge is -2.10. The molecular weight excluding hydrogens is 308 g/mol. The van der Waals surface area contributed by atoms with Crippen LogP contribution in [0.25, 0.3) is 16.6 Å². The maximum absolute atomic E-state index is 11.5. The predicted octanol–water partition coefficient (Wildman–Crippen LogP) is 1.98. The molecule has 0 unspecified atom stereocenters. The Morgan fingerprint density at radius 2 is 2.08 bits per heavy atom. The van der Waals surface area contributed by atoms with Crippen molar-refractivity contribution in [3.05, 3.63) is 60.6 Å². The molecule has 118 valence electrons. The minimum atomic E-state index is -1.10. The van der Waals surface area contributed by atoms with Crippen molar-refractivity contribution >= 4 is 28.3 Å². The zero-order valence-corrected chi connectivity index (χ0v) is 12.4. The SMILES string of the molecule is O=C(O)c1ncn2c1c(NCc1cccnc1)nc1ccncc12. The molecule has 0 amide bonds. The molecule has 8 heteroatoms. The molecular formula is C16H12N6O2. The molecule has 0 saturated carbocycles. The fourth-order valence-electron chi connectivity index (χ4n) is 2.56. The molecule has 0 spiro atoms. The van der Waals surface area contributed by atoms with Crippen LogP contribution in [-0.4, -0.2) is 35.4 Å². The number of rotatable bonds is 4. The number of pyridine rings is 2. The van der Waals surface area contributed by atoms with E-state index in [0.29, 0.717) is 28.9 Å². The molecule has 0 saturated heterocycles. The van der Waals surface area contributed by atoms with Gasteiger partial charge in [-0.1, -0.05) is 6.07 Å². The topological polar surface area (TPSA) is 105 Å². The van der Waals surface area contributed by atoms with Crippen molar-refractivity contribution in [2.45, 2.75) is 6.54 Å². The molecule has 4 rings (SSSR count). The van der Waals surface area contributed by atoms with E-state index in [0.717, 1.165) is 5.56 Å². The fraction of sp³-hybridized carbons (Fsp3) is 0.0625. The first kappa shape index (κ1) is 14.1. The van der Waals surface area contributed by atoms with Gasteiger partial charge in [-0.3, -0.25) is 14.4 Å². The summed E-state index contributed by atoms with van der Waals surface area (Å²) in [7, 11) is 0. The maximum Gasteiger partial charge on any atom is 0.356 e. The predicted molar refractivity (Wildman–Crippen MR) is 86.8 cm³/mol. The van der Waals surface area contributed by atoms with E-state index in [9.17, 15) is 9.90 Å². The van der Waals surface area contributed by atoms with Crippen molar-refractivity contribution in [3.63, 3.8) is 0 Å². The minimum absolute atomic E-state index is 0.0538. The van der Waals surface area contributed by atoms with E-state index in [2.05, 4.69) is 25.3 Å². The zero-order valence-electron chi connectivity index (χ0n) is 12.4. The second-order valence-electron chi connectivity index (χ2n) is 5.16. The van der Waals surface area contributed by atoms with Gasteiger partial charge in [-0.15, -0.1) is 0 Å². The molecule has 24 heavy (non-hydrogen) atoms. The molecule has 2 N–H and O–H groups in total. The smallest absolute Gasteiger partial charge is 0.356 e. The van der Waals surface area contributed by atoms with Crippen molar-refractivity contribution in [2.75, 3.05) is 5.32 Å². The molecule has 0 bridgehead atoms. The molecule has 4 aromatic heterocycles. The highest BCUT2D eigenvalue weighted by atomic mass is 16.4. The van der Waals surface area contributed by atoms with E-state index in [1.807, 2.05) is 12.1 Å². The van der Waals surface area contributed by atoms with Crippen LogP contribution in [-0.2, 0) is 6.54 Å². The first-order valence-electron chi connectivity index (χ1n) is 7.21. The Bertz CT molecular complexity index is 1040. The third-order valence-corrected chi connectivity index (χ3v) is 3.65. The number of aromatic carboxylic acids is 1. The van der Waals surface area contributed by atoms with Crippen LogP contribution >= 0.6 is 0 Å². The second kappa shape index (κ2) is 5.58. The van der Waals surface area contributed by atoms with Gasteiger partial charge in [-0.05, 0) is 17.7 Å². The summed E-state index contributed by atoms with van der Waals surface area (Å²) in [5.41, 5.74) is 2.71. The number of fused-ring (bicyclic) bond motifs is 3. The number of carboxylic acid groups (broad SMARTS) is 1.